The average Bonchev–Trinajstić information content (AvgIpc) is 2.58. The van der Waals surface area contributed by atoms with Crippen LogP contribution in [-0.2, 0) is 14.3 Å². The average molecular weight is 348 g/mol. The molecule has 2 amide bonds. The highest BCUT2D eigenvalue weighted by Gasteiger charge is 2.19. The third-order valence-corrected chi connectivity index (χ3v) is 3.06. The lowest BCUT2D eigenvalue weighted by Crippen LogP contribution is -2.30. The van der Waals surface area contributed by atoms with E-state index in [4.69, 9.17) is 4.74 Å². The summed E-state index contributed by atoms with van der Waals surface area (Å²) < 4.78 is 31.2. The number of nitrogens with one attached hydrogen (secondary N) is 2. The van der Waals surface area contributed by atoms with Crippen LogP contribution >= 0.6 is 0 Å². The zero-order valence-corrected chi connectivity index (χ0v) is 13.1. The van der Waals surface area contributed by atoms with E-state index in [1.807, 2.05) is 5.32 Å². The highest BCUT2D eigenvalue weighted by Crippen LogP contribution is 2.17. The van der Waals surface area contributed by atoms with Crippen LogP contribution in [0.1, 0.15) is 17.3 Å². The molecule has 25 heavy (non-hydrogen) atoms. The largest absolute Gasteiger partial charge is 0.462 e. The quantitative estimate of drug-likeness (QED) is 0.657. The Kier molecular flexibility index (Phi) is 5.78. The molecule has 0 fully saturated rings. The van der Waals surface area contributed by atoms with Gasteiger partial charge in [-0.05, 0) is 31.2 Å². The first-order chi connectivity index (χ1) is 11.9. The van der Waals surface area contributed by atoms with E-state index in [-0.39, 0.29) is 23.5 Å². The molecule has 0 aliphatic heterocycles. The van der Waals surface area contributed by atoms with Crippen LogP contribution in [0.4, 0.5) is 20.2 Å². The Morgan fingerprint density at radius 1 is 0.960 bits per heavy atom. The van der Waals surface area contributed by atoms with E-state index in [1.54, 1.807) is 19.1 Å². The summed E-state index contributed by atoms with van der Waals surface area (Å²) in [6.45, 7) is 1.77. The third kappa shape index (κ3) is 4.60. The smallest absolute Gasteiger partial charge is 0.340 e. The van der Waals surface area contributed by atoms with Gasteiger partial charge < -0.3 is 15.4 Å². The van der Waals surface area contributed by atoms with Crippen LogP contribution in [0.3, 0.4) is 0 Å². The number of benzene rings is 2. The molecule has 0 spiro atoms. The minimum absolute atomic E-state index is 0.0680. The second kappa shape index (κ2) is 8.00. The molecule has 0 saturated carbocycles. The zero-order chi connectivity index (χ0) is 18.4. The van der Waals surface area contributed by atoms with Crippen LogP contribution < -0.4 is 10.6 Å². The molecular formula is C17H14F2N2O4. The summed E-state index contributed by atoms with van der Waals surface area (Å²) in [6, 6.07) is 8.45. The fraction of sp³-hybridized carbons (Fsp3) is 0.118. The van der Waals surface area contributed by atoms with Crippen molar-refractivity contribution in [3.8, 4) is 0 Å². The summed E-state index contributed by atoms with van der Waals surface area (Å²) in [4.78, 5) is 35.6. The van der Waals surface area contributed by atoms with Crippen LogP contribution in [0.25, 0.3) is 0 Å². The number of esters is 1. The van der Waals surface area contributed by atoms with Crippen molar-refractivity contribution in [2.45, 2.75) is 6.92 Å². The number of carbonyl (C=O) groups excluding carboxylic acids is 3. The Bertz CT molecular complexity index is 824. The maximum absolute atomic E-state index is 13.5. The predicted molar refractivity (Wildman–Crippen MR) is 86.0 cm³/mol. The van der Waals surface area contributed by atoms with Gasteiger partial charge in [-0.1, -0.05) is 12.1 Å². The molecule has 0 aliphatic carbocycles. The van der Waals surface area contributed by atoms with E-state index in [1.165, 1.54) is 12.1 Å². The van der Waals surface area contributed by atoms with E-state index in [0.29, 0.717) is 6.07 Å². The molecule has 0 atom stereocenters. The van der Waals surface area contributed by atoms with Crippen LogP contribution in [0.5, 0.6) is 0 Å². The van der Waals surface area contributed by atoms with Gasteiger partial charge in [0, 0.05) is 6.07 Å². The molecule has 0 bridgehead atoms. The monoisotopic (exact) mass is 348 g/mol. The molecule has 2 N–H and O–H groups in total. The lowest BCUT2D eigenvalue weighted by molar-refractivity contribution is -0.133. The number of ether oxygens (including phenoxy) is 1. The minimum Gasteiger partial charge on any atom is -0.462 e. The predicted octanol–water partition coefficient (Wildman–Crippen LogP) is 2.72. The Hall–Kier alpha value is -3.29. The SMILES string of the molecule is CCOC(=O)c1ccccc1NC(=O)C(=O)Nc1ccc(F)cc1F. The van der Waals surface area contributed by atoms with Crippen molar-refractivity contribution >= 4 is 29.2 Å². The molecule has 6 nitrogen and oxygen atoms in total. The zero-order valence-electron chi connectivity index (χ0n) is 13.1. The first-order valence-electron chi connectivity index (χ1n) is 7.26. The van der Waals surface area contributed by atoms with Crippen molar-refractivity contribution in [3.63, 3.8) is 0 Å². The van der Waals surface area contributed by atoms with Gasteiger partial charge in [0.1, 0.15) is 11.6 Å². The van der Waals surface area contributed by atoms with Gasteiger partial charge in [0.05, 0.1) is 23.5 Å². The maximum Gasteiger partial charge on any atom is 0.340 e. The third-order valence-electron chi connectivity index (χ3n) is 3.06. The maximum atomic E-state index is 13.5. The van der Waals surface area contributed by atoms with E-state index in [9.17, 15) is 23.2 Å². The van der Waals surface area contributed by atoms with Crippen molar-refractivity contribution in [2.24, 2.45) is 0 Å². The summed E-state index contributed by atoms with van der Waals surface area (Å²) in [5.41, 5.74) is -0.209. The molecule has 2 aromatic rings. The molecule has 0 heterocycles. The first kappa shape index (κ1) is 18.1. The number of amides is 2. The number of anilines is 2. The summed E-state index contributed by atoms with van der Waals surface area (Å²) in [6.07, 6.45) is 0. The molecule has 0 aromatic heterocycles. The highest BCUT2D eigenvalue weighted by atomic mass is 19.1. The molecule has 0 aliphatic rings. The fourth-order valence-corrected chi connectivity index (χ4v) is 1.93. The number of hydrogen-bond donors (Lipinski definition) is 2. The number of hydrogen-bond acceptors (Lipinski definition) is 4. The van der Waals surface area contributed by atoms with Crippen molar-refractivity contribution in [3.05, 3.63) is 59.7 Å². The van der Waals surface area contributed by atoms with Crippen molar-refractivity contribution in [1.29, 1.82) is 0 Å². The van der Waals surface area contributed by atoms with E-state index in [0.717, 1.165) is 12.1 Å². The minimum atomic E-state index is -1.18. The van der Waals surface area contributed by atoms with Gasteiger partial charge in [-0.3, -0.25) is 9.59 Å². The summed E-state index contributed by atoms with van der Waals surface area (Å²) in [5.74, 6) is -4.80. The van der Waals surface area contributed by atoms with E-state index >= 15 is 0 Å². The van der Waals surface area contributed by atoms with Crippen molar-refractivity contribution in [2.75, 3.05) is 17.2 Å². The Labute approximate surface area is 141 Å². The number of rotatable bonds is 4. The topological polar surface area (TPSA) is 84.5 Å². The Balaban J connectivity index is 2.11. The normalized spacial score (nSPS) is 10.0. The van der Waals surface area contributed by atoms with Gasteiger partial charge in [-0.2, -0.15) is 0 Å². The molecular weight excluding hydrogens is 334 g/mol. The number of halogens is 2. The molecule has 0 saturated heterocycles. The van der Waals surface area contributed by atoms with Gasteiger partial charge in [0.15, 0.2) is 0 Å². The van der Waals surface area contributed by atoms with Gasteiger partial charge in [-0.25, -0.2) is 13.6 Å². The molecule has 2 rings (SSSR count). The number of para-hydroxylation sites is 1. The molecule has 8 heteroatoms. The van der Waals surface area contributed by atoms with Crippen LogP contribution in [-0.4, -0.2) is 24.4 Å². The second-order valence-electron chi connectivity index (χ2n) is 4.80. The van der Waals surface area contributed by atoms with Crippen LogP contribution in [0, 0.1) is 11.6 Å². The number of carbonyl (C=O) groups is 3. The van der Waals surface area contributed by atoms with Gasteiger partial charge >= 0.3 is 17.8 Å². The highest BCUT2D eigenvalue weighted by molar-refractivity contribution is 6.44. The van der Waals surface area contributed by atoms with Crippen LogP contribution in [0.15, 0.2) is 42.5 Å². The second-order valence-corrected chi connectivity index (χ2v) is 4.80. The molecule has 0 radical (unpaired) electrons. The molecule has 130 valence electrons. The van der Waals surface area contributed by atoms with E-state index in [2.05, 4.69) is 5.32 Å². The summed E-state index contributed by atoms with van der Waals surface area (Å²) >= 11 is 0. The van der Waals surface area contributed by atoms with Crippen molar-refractivity contribution in [1.82, 2.24) is 0 Å². The van der Waals surface area contributed by atoms with Crippen LogP contribution in [0.2, 0.25) is 0 Å². The molecule has 0 unspecified atom stereocenters. The lowest BCUT2D eigenvalue weighted by atomic mass is 10.2. The van der Waals surface area contributed by atoms with Gasteiger partial charge in [0.2, 0.25) is 0 Å². The van der Waals surface area contributed by atoms with Gasteiger partial charge in [-0.15, -0.1) is 0 Å². The Morgan fingerprint density at radius 3 is 2.24 bits per heavy atom. The standard InChI is InChI=1S/C17H14F2N2O4/c1-2-25-17(24)11-5-3-4-6-13(11)20-15(22)16(23)21-14-8-7-10(18)9-12(14)19/h3-9H,2H2,1H3,(H,20,22)(H,21,23). The first-order valence-corrected chi connectivity index (χ1v) is 7.26. The Morgan fingerprint density at radius 2 is 1.60 bits per heavy atom. The summed E-state index contributed by atoms with van der Waals surface area (Å²) in [5, 5.41) is 4.27. The van der Waals surface area contributed by atoms with Crippen molar-refractivity contribution < 1.29 is 27.9 Å². The fourth-order valence-electron chi connectivity index (χ4n) is 1.93. The summed E-state index contributed by atoms with van der Waals surface area (Å²) in [7, 11) is 0. The lowest BCUT2D eigenvalue weighted by Gasteiger charge is -2.10. The van der Waals surface area contributed by atoms with E-state index < -0.39 is 29.4 Å². The van der Waals surface area contributed by atoms with Gasteiger partial charge in [0.25, 0.3) is 0 Å². The molecule has 2 aromatic carbocycles.